The van der Waals surface area contributed by atoms with Crippen LogP contribution in [0.3, 0.4) is 0 Å². The minimum Gasteiger partial charge on any atom is -0.369 e. The summed E-state index contributed by atoms with van der Waals surface area (Å²) in [4.78, 5) is 20.7. The van der Waals surface area contributed by atoms with Crippen LogP contribution in [-0.2, 0) is 0 Å². The lowest BCUT2D eigenvalue weighted by Gasteiger charge is -2.41. The summed E-state index contributed by atoms with van der Waals surface area (Å²) in [7, 11) is 0. The van der Waals surface area contributed by atoms with Gasteiger partial charge in [-0.15, -0.1) is 24.8 Å². The molecular weight excluding hydrogens is 415 g/mol. The van der Waals surface area contributed by atoms with Gasteiger partial charge in [0.1, 0.15) is 11.3 Å². The van der Waals surface area contributed by atoms with Crippen molar-refractivity contribution < 1.29 is 0 Å². The average molecular weight is 443 g/mol. The number of anilines is 2. The van der Waals surface area contributed by atoms with Crippen LogP contribution in [0.4, 0.5) is 11.4 Å². The van der Waals surface area contributed by atoms with Gasteiger partial charge in [0.2, 0.25) is 23.8 Å². The fourth-order valence-electron chi connectivity index (χ4n) is 3.45. The second-order valence-electron chi connectivity index (χ2n) is 7.51. The van der Waals surface area contributed by atoms with Gasteiger partial charge in [-0.25, -0.2) is 9.98 Å². The molecule has 0 spiro atoms. The van der Waals surface area contributed by atoms with Gasteiger partial charge in [-0.3, -0.25) is 9.80 Å². The van der Waals surface area contributed by atoms with E-state index in [2.05, 4.69) is 20.0 Å². The van der Waals surface area contributed by atoms with E-state index < -0.39 is 11.3 Å². The van der Waals surface area contributed by atoms with Crippen LogP contribution in [0.5, 0.6) is 0 Å². The van der Waals surface area contributed by atoms with Crippen LogP contribution in [0.2, 0.25) is 0 Å². The van der Waals surface area contributed by atoms with Gasteiger partial charge in [0.05, 0.1) is 5.69 Å². The molecule has 1 aromatic rings. The number of hydrogen-bond donors (Lipinski definition) is 4. The van der Waals surface area contributed by atoms with Gasteiger partial charge in [-0.05, 0) is 52.3 Å². The average Bonchev–Trinajstić information content (AvgIpc) is 2.46. The highest BCUT2D eigenvalue weighted by atomic mass is 35.5. The summed E-state index contributed by atoms with van der Waals surface area (Å²) in [5, 5.41) is 0. The highest BCUT2D eigenvalue weighted by Gasteiger charge is 2.36. The molecule has 0 saturated carbocycles. The topological polar surface area (TPSA) is 160 Å². The summed E-state index contributed by atoms with van der Waals surface area (Å²) in [6, 6.07) is 5.88. The summed E-state index contributed by atoms with van der Waals surface area (Å²) in [6.45, 7) is 9.64. The molecule has 2 heterocycles. The minimum absolute atomic E-state index is 0. The third kappa shape index (κ3) is 4.33. The number of benzene rings is 1. The van der Waals surface area contributed by atoms with E-state index in [4.69, 9.17) is 22.9 Å². The molecule has 0 aliphatic carbocycles. The Morgan fingerprint density at radius 2 is 1.21 bits per heavy atom. The first kappa shape index (κ1) is 24.3. The minimum atomic E-state index is -0.696. The molecule has 12 heteroatoms. The van der Waals surface area contributed by atoms with E-state index in [9.17, 15) is 0 Å². The maximum Gasteiger partial charge on any atom is 0.220 e. The highest BCUT2D eigenvalue weighted by molar-refractivity contribution is 6.08. The molecule has 2 aliphatic rings. The molecule has 29 heavy (non-hydrogen) atoms. The summed E-state index contributed by atoms with van der Waals surface area (Å²) in [6.07, 6.45) is 0. The summed E-state index contributed by atoms with van der Waals surface area (Å²) in [5.41, 5.74) is 25.1. The summed E-state index contributed by atoms with van der Waals surface area (Å²) >= 11 is 0. The first-order valence-electron chi connectivity index (χ1n) is 8.52. The normalized spacial score (nSPS) is 19.8. The Balaban J connectivity index is 0.00000210. The molecule has 160 valence electrons. The molecule has 0 fully saturated rings. The van der Waals surface area contributed by atoms with E-state index in [0.717, 1.165) is 16.9 Å². The van der Waals surface area contributed by atoms with Crippen LogP contribution in [0, 0.1) is 6.92 Å². The Kier molecular flexibility index (Phi) is 6.67. The summed E-state index contributed by atoms with van der Waals surface area (Å²) < 4.78 is 0. The molecule has 8 N–H and O–H groups in total. The fourth-order valence-corrected chi connectivity index (χ4v) is 3.45. The molecule has 1 aromatic carbocycles. The van der Waals surface area contributed by atoms with Gasteiger partial charge in [-0.2, -0.15) is 9.98 Å². The number of nitrogens with zero attached hydrogens (tertiary/aromatic N) is 6. The zero-order chi connectivity index (χ0) is 20.1. The summed E-state index contributed by atoms with van der Waals surface area (Å²) in [5.74, 6) is 0.846. The van der Waals surface area contributed by atoms with Crippen molar-refractivity contribution in [2.24, 2.45) is 42.9 Å². The number of rotatable bonds is 2. The van der Waals surface area contributed by atoms with Crippen LogP contribution < -0.4 is 32.7 Å². The molecular formula is C17H28Cl2N10. The van der Waals surface area contributed by atoms with Crippen molar-refractivity contribution in [2.45, 2.75) is 45.9 Å². The largest absolute Gasteiger partial charge is 0.369 e. The number of aliphatic imine (C=N–C) groups is 4. The van der Waals surface area contributed by atoms with Crippen molar-refractivity contribution in [3.8, 4) is 0 Å². The Morgan fingerprint density at radius 1 is 0.759 bits per heavy atom. The van der Waals surface area contributed by atoms with Gasteiger partial charge in [0.25, 0.3) is 0 Å². The molecule has 0 radical (unpaired) electrons. The zero-order valence-corrected chi connectivity index (χ0v) is 18.7. The number of aryl methyl sites for hydroxylation is 1. The molecule has 2 aliphatic heterocycles. The van der Waals surface area contributed by atoms with Crippen molar-refractivity contribution in [1.29, 1.82) is 0 Å². The maximum atomic E-state index is 6.19. The molecule has 0 atom stereocenters. The van der Waals surface area contributed by atoms with E-state index in [1.165, 1.54) is 0 Å². The fraction of sp³-hybridized carbons (Fsp3) is 0.412. The molecule has 0 aromatic heterocycles. The Hall–Kier alpha value is -2.72. The van der Waals surface area contributed by atoms with Crippen molar-refractivity contribution in [3.05, 3.63) is 23.8 Å². The maximum absolute atomic E-state index is 6.19. The standard InChI is InChI=1S/C17H26N10.2ClH/c1-9-6-7-10(26-14(20)22-12(18)24-16(26,2)3)8-11(9)27-15(21)23-13(19)25-17(27,4)5;;/h6-8H,1-5H3,(H4,18,20,22,24)(H4,19,21,23,25);2*1H. The third-order valence-corrected chi connectivity index (χ3v) is 4.48. The lowest BCUT2D eigenvalue weighted by molar-refractivity contribution is 0.529. The third-order valence-electron chi connectivity index (χ3n) is 4.48. The Bertz CT molecular complexity index is 917. The molecule has 0 saturated heterocycles. The van der Waals surface area contributed by atoms with Gasteiger partial charge in [-0.1, -0.05) is 6.07 Å². The van der Waals surface area contributed by atoms with E-state index in [0.29, 0.717) is 0 Å². The van der Waals surface area contributed by atoms with Crippen molar-refractivity contribution in [3.63, 3.8) is 0 Å². The quantitative estimate of drug-likeness (QED) is 0.537. The van der Waals surface area contributed by atoms with Crippen LogP contribution in [0.1, 0.15) is 33.3 Å². The second kappa shape index (κ2) is 7.96. The van der Waals surface area contributed by atoms with Crippen LogP contribution in [0.25, 0.3) is 0 Å². The van der Waals surface area contributed by atoms with Crippen molar-refractivity contribution >= 4 is 60.0 Å². The predicted molar refractivity (Wildman–Crippen MR) is 125 cm³/mol. The van der Waals surface area contributed by atoms with E-state index >= 15 is 0 Å². The number of hydrogen-bond acceptors (Lipinski definition) is 10. The van der Waals surface area contributed by atoms with Gasteiger partial charge in [0, 0.05) is 5.69 Å². The smallest absolute Gasteiger partial charge is 0.220 e. The lowest BCUT2D eigenvalue weighted by Crippen LogP contribution is -2.55. The predicted octanol–water partition coefficient (Wildman–Crippen LogP) is 1.21. The number of nitrogens with two attached hydrogens (primary N) is 4. The molecule has 0 amide bonds. The first-order valence-corrected chi connectivity index (χ1v) is 8.52. The highest BCUT2D eigenvalue weighted by Crippen LogP contribution is 2.35. The van der Waals surface area contributed by atoms with Gasteiger partial charge < -0.3 is 22.9 Å². The molecule has 0 unspecified atom stereocenters. The van der Waals surface area contributed by atoms with E-state index in [1.54, 1.807) is 0 Å². The van der Waals surface area contributed by atoms with Crippen LogP contribution >= 0.6 is 24.8 Å². The number of halogens is 2. The monoisotopic (exact) mass is 442 g/mol. The van der Waals surface area contributed by atoms with Crippen molar-refractivity contribution in [2.75, 3.05) is 9.80 Å². The van der Waals surface area contributed by atoms with Crippen LogP contribution in [0.15, 0.2) is 38.2 Å². The van der Waals surface area contributed by atoms with Crippen molar-refractivity contribution in [1.82, 2.24) is 0 Å². The molecule has 10 nitrogen and oxygen atoms in total. The first-order chi connectivity index (χ1) is 12.4. The van der Waals surface area contributed by atoms with E-state index in [1.807, 2.05) is 62.6 Å². The van der Waals surface area contributed by atoms with Gasteiger partial charge in [0.15, 0.2) is 0 Å². The Labute approximate surface area is 182 Å². The van der Waals surface area contributed by atoms with E-state index in [-0.39, 0.29) is 48.7 Å². The molecule has 3 rings (SSSR count). The van der Waals surface area contributed by atoms with Crippen LogP contribution in [-0.4, -0.2) is 35.2 Å². The molecule has 0 bridgehead atoms. The van der Waals surface area contributed by atoms with Gasteiger partial charge >= 0.3 is 0 Å². The SMILES string of the molecule is Cc1ccc(N2C(N)=NC(N)=NC2(C)C)cc1N1C(N)=NC(N)=NC1(C)C.Cl.Cl. The zero-order valence-electron chi connectivity index (χ0n) is 17.0. The second-order valence-corrected chi connectivity index (χ2v) is 7.51. The number of guanidine groups is 4. The Morgan fingerprint density at radius 3 is 1.66 bits per heavy atom. The lowest BCUT2D eigenvalue weighted by atomic mass is 10.1.